The van der Waals surface area contributed by atoms with Crippen molar-refractivity contribution in [3.63, 3.8) is 0 Å². The van der Waals surface area contributed by atoms with Gasteiger partial charge in [0.05, 0.1) is 0 Å². The molecule has 1 saturated heterocycles. The number of amides is 1. The van der Waals surface area contributed by atoms with Crippen LogP contribution in [-0.4, -0.2) is 49.7 Å². The first kappa shape index (κ1) is 21.1. The fourth-order valence-corrected chi connectivity index (χ4v) is 5.15. The predicted octanol–water partition coefficient (Wildman–Crippen LogP) is 3.21. The van der Waals surface area contributed by atoms with Crippen LogP contribution >= 0.6 is 11.3 Å². The summed E-state index contributed by atoms with van der Waals surface area (Å²) in [6, 6.07) is 4.02. The molecule has 1 fully saturated rings. The minimum atomic E-state index is -0.224. The number of thiophene rings is 1. The highest BCUT2D eigenvalue weighted by Crippen LogP contribution is 2.26. The summed E-state index contributed by atoms with van der Waals surface area (Å²) in [6.45, 7) is 12.5. The molecule has 1 amide bonds. The Morgan fingerprint density at radius 3 is 2.83 bits per heavy atom. The molecule has 1 aliphatic heterocycles. The average molecular weight is 430 g/mol. The second-order valence-electron chi connectivity index (χ2n) is 9.55. The van der Waals surface area contributed by atoms with E-state index in [-0.39, 0.29) is 35.5 Å². The van der Waals surface area contributed by atoms with Gasteiger partial charge >= 0.3 is 0 Å². The summed E-state index contributed by atoms with van der Waals surface area (Å²) in [5.41, 5.74) is 0.443. The summed E-state index contributed by atoms with van der Waals surface area (Å²) in [5.74, 6) is 0.767. The topological polar surface area (TPSA) is 71.6 Å². The van der Waals surface area contributed by atoms with Crippen molar-refractivity contribution in [3.05, 3.63) is 33.7 Å². The van der Waals surface area contributed by atoms with Gasteiger partial charge in [-0.2, -0.15) is 5.10 Å². The normalized spacial score (nSPS) is 18.5. The first-order chi connectivity index (χ1) is 14.1. The molecule has 0 aromatic carbocycles. The zero-order valence-electron chi connectivity index (χ0n) is 18.4. The highest BCUT2D eigenvalue weighted by molar-refractivity contribution is 7.16. The van der Waals surface area contributed by atoms with E-state index >= 15 is 0 Å². The molecule has 1 aliphatic rings. The van der Waals surface area contributed by atoms with Gasteiger partial charge in [-0.15, -0.1) is 11.3 Å². The molecule has 3 aromatic heterocycles. The number of hydrogen-bond acceptors (Lipinski definition) is 5. The molecule has 0 radical (unpaired) electrons. The van der Waals surface area contributed by atoms with E-state index in [4.69, 9.17) is 0 Å². The van der Waals surface area contributed by atoms with E-state index in [1.54, 1.807) is 11.3 Å². The number of piperidine rings is 1. The molecule has 1 N–H and O–H groups in total. The maximum absolute atomic E-state index is 13.1. The predicted molar refractivity (Wildman–Crippen MR) is 121 cm³/mol. The van der Waals surface area contributed by atoms with E-state index in [0.29, 0.717) is 5.52 Å². The van der Waals surface area contributed by atoms with Gasteiger partial charge in [-0.1, -0.05) is 13.8 Å². The Morgan fingerprint density at radius 2 is 2.13 bits per heavy atom. The van der Waals surface area contributed by atoms with Crippen molar-refractivity contribution in [3.8, 4) is 0 Å². The van der Waals surface area contributed by atoms with Gasteiger partial charge in [0.15, 0.2) is 0 Å². The van der Waals surface area contributed by atoms with Crippen LogP contribution in [0.3, 0.4) is 0 Å². The molecule has 0 spiro atoms. The third-order valence-corrected chi connectivity index (χ3v) is 6.77. The number of carbonyl (C=O) groups is 1. The van der Waals surface area contributed by atoms with Crippen LogP contribution < -0.4 is 10.9 Å². The zero-order chi connectivity index (χ0) is 21.6. The molecular weight excluding hydrogens is 398 g/mol. The highest BCUT2D eigenvalue weighted by Gasteiger charge is 2.28. The van der Waals surface area contributed by atoms with Crippen LogP contribution in [0.5, 0.6) is 0 Å². The standard InChI is InChI=1S/C22H31N5O2S/c1-14(2)19-24-26(20(29)17-11-15-8-10-30-21(15)27(17)19)13-18(28)23-16-7-6-9-25(12-16)22(3,4)5/h8,10-11,14,16H,6-7,9,12-13H2,1-5H3,(H,23,28). The second-order valence-corrected chi connectivity index (χ2v) is 10.4. The Balaban J connectivity index is 1.58. The lowest BCUT2D eigenvalue weighted by atomic mass is 9.98. The number of hydrogen-bond donors (Lipinski definition) is 1. The second kappa shape index (κ2) is 7.81. The van der Waals surface area contributed by atoms with Gasteiger partial charge in [0, 0.05) is 29.4 Å². The van der Waals surface area contributed by atoms with Crippen LogP contribution in [0.2, 0.25) is 0 Å². The van der Waals surface area contributed by atoms with E-state index in [0.717, 1.165) is 42.0 Å². The Bertz CT molecular complexity index is 1130. The van der Waals surface area contributed by atoms with Gasteiger partial charge in [0.1, 0.15) is 22.7 Å². The Hall–Kier alpha value is -2.19. The van der Waals surface area contributed by atoms with Crippen LogP contribution in [0.4, 0.5) is 0 Å². The molecule has 3 aromatic rings. The number of nitrogens with zero attached hydrogens (tertiary/aromatic N) is 4. The smallest absolute Gasteiger partial charge is 0.291 e. The van der Waals surface area contributed by atoms with Crippen molar-refractivity contribution < 1.29 is 4.79 Å². The van der Waals surface area contributed by atoms with Crippen molar-refractivity contribution in [2.45, 2.75) is 71.5 Å². The number of fused-ring (bicyclic) bond motifs is 3. The molecule has 7 nitrogen and oxygen atoms in total. The average Bonchev–Trinajstić information content (AvgIpc) is 3.25. The molecule has 0 saturated carbocycles. The lowest BCUT2D eigenvalue weighted by molar-refractivity contribution is -0.123. The summed E-state index contributed by atoms with van der Waals surface area (Å²) in [7, 11) is 0. The largest absolute Gasteiger partial charge is 0.350 e. The van der Waals surface area contributed by atoms with Crippen LogP contribution in [0.1, 0.15) is 59.2 Å². The first-order valence-electron chi connectivity index (χ1n) is 10.7. The molecule has 4 heterocycles. The minimum absolute atomic E-state index is 0.0557. The van der Waals surface area contributed by atoms with E-state index < -0.39 is 0 Å². The van der Waals surface area contributed by atoms with Gasteiger partial charge in [-0.25, -0.2) is 4.68 Å². The number of carbonyl (C=O) groups excluding carboxylic acids is 1. The van der Waals surface area contributed by atoms with Crippen molar-refractivity contribution in [1.29, 1.82) is 0 Å². The van der Waals surface area contributed by atoms with Crippen molar-refractivity contribution >= 4 is 33.0 Å². The number of likely N-dealkylation sites (tertiary alicyclic amines) is 1. The van der Waals surface area contributed by atoms with Crippen molar-refractivity contribution in [1.82, 2.24) is 24.4 Å². The van der Waals surface area contributed by atoms with Gasteiger partial charge < -0.3 is 5.32 Å². The monoisotopic (exact) mass is 429 g/mol. The molecular formula is C22H31N5O2S. The molecule has 30 heavy (non-hydrogen) atoms. The van der Waals surface area contributed by atoms with Gasteiger partial charge in [-0.3, -0.25) is 18.9 Å². The highest BCUT2D eigenvalue weighted by atomic mass is 32.1. The number of rotatable bonds is 4. The fraction of sp³-hybridized carbons (Fsp3) is 0.591. The number of nitrogens with one attached hydrogen (secondary N) is 1. The number of aromatic nitrogens is 3. The van der Waals surface area contributed by atoms with Crippen LogP contribution in [0.25, 0.3) is 15.7 Å². The van der Waals surface area contributed by atoms with E-state index in [1.165, 1.54) is 4.68 Å². The van der Waals surface area contributed by atoms with E-state index in [2.05, 4.69) is 49.9 Å². The van der Waals surface area contributed by atoms with Gasteiger partial charge in [-0.05, 0) is 57.7 Å². The van der Waals surface area contributed by atoms with Gasteiger partial charge in [0.2, 0.25) is 5.91 Å². The maximum Gasteiger partial charge on any atom is 0.291 e. The third-order valence-electron chi connectivity index (χ3n) is 5.86. The van der Waals surface area contributed by atoms with Crippen LogP contribution in [0, 0.1) is 0 Å². The SMILES string of the molecule is CC(C)c1nn(CC(=O)NC2CCCN(C(C)(C)C)C2)c(=O)c2cc3ccsc3n12. The quantitative estimate of drug-likeness (QED) is 0.691. The Morgan fingerprint density at radius 1 is 1.37 bits per heavy atom. The van der Waals surface area contributed by atoms with E-state index in [9.17, 15) is 9.59 Å². The summed E-state index contributed by atoms with van der Waals surface area (Å²) < 4.78 is 3.28. The summed E-state index contributed by atoms with van der Waals surface area (Å²) in [4.78, 5) is 29.3. The molecule has 1 unspecified atom stereocenters. The van der Waals surface area contributed by atoms with Crippen molar-refractivity contribution in [2.24, 2.45) is 0 Å². The van der Waals surface area contributed by atoms with Crippen LogP contribution in [-0.2, 0) is 11.3 Å². The van der Waals surface area contributed by atoms with E-state index in [1.807, 2.05) is 21.9 Å². The summed E-state index contributed by atoms with van der Waals surface area (Å²) >= 11 is 1.60. The third kappa shape index (κ3) is 3.90. The molecule has 1 atom stereocenters. The summed E-state index contributed by atoms with van der Waals surface area (Å²) in [6.07, 6.45) is 2.02. The lowest BCUT2D eigenvalue weighted by Crippen LogP contribution is -2.54. The van der Waals surface area contributed by atoms with Gasteiger partial charge in [0.25, 0.3) is 5.56 Å². The lowest BCUT2D eigenvalue weighted by Gasteiger charge is -2.41. The Kier molecular flexibility index (Phi) is 5.48. The minimum Gasteiger partial charge on any atom is -0.350 e. The maximum atomic E-state index is 13.1. The molecule has 4 rings (SSSR count). The molecule has 0 bridgehead atoms. The van der Waals surface area contributed by atoms with Crippen molar-refractivity contribution in [2.75, 3.05) is 13.1 Å². The molecule has 0 aliphatic carbocycles. The van der Waals surface area contributed by atoms with Crippen LogP contribution in [0.15, 0.2) is 22.3 Å². The summed E-state index contributed by atoms with van der Waals surface area (Å²) in [5, 5.41) is 10.8. The first-order valence-corrected chi connectivity index (χ1v) is 11.6. The fourth-order valence-electron chi connectivity index (χ4n) is 4.25. The molecule has 162 valence electrons. The zero-order valence-corrected chi connectivity index (χ0v) is 19.3. The Labute approximate surface area is 180 Å². The molecule has 8 heteroatoms.